The lowest BCUT2D eigenvalue weighted by atomic mass is 10.1. The average molecular weight is 215 g/mol. The Labute approximate surface area is 84.5 Å². The van der Waals surface area contributed by atoms with Crippen molar-refractivity contribution < 1.29 is 9.58 Å². The van der Waals surface area contributed by atoms with E-state index in [9.17, 15) is 4.79 Å². The van der Waals surface area contributed by atoms with Crippen LogP contribution in [-0.2, 0) is 0 Å². The van der Waals surface area contributed by atoms with Crippen LogP contribution in [0.1, 0.15) is 10.4 Å². The summed E-state index contributed by atoms with van der Waals surface area (Å²) in [6.45, 7) is 0. The SMILES string of the molecule is [N-]=[N+]=CC(=O)c1ccc(Cl)c(Cl)c1. The standard InChI is InChI=1S/C8H4Cl2N2O/c9-6-2-1-5(3-7(6)10)8(13)4-12-11/h1-4H. The van der Waals surface area contributed by atoms with Crippen LogP contribution in [0.15, 0.2) is 18.2 Å². The first-order chi connectivity index (χ1) is 6.15. The maximum atomic E-state index is 11.1. The van der Waals surface area contributed by atoms with E-state index in [-0.39, 0.29) is 0 Å². The Kier molecular flexibility index (Phi) is 3.20. The predicted molar refractivity (Wildman–Crippen MR) is 50.5 cm³/mol. The number of halogens is 2. The molecule has 0 aromatic heterocycles. The second-order valence-corrected chi connectivity index (χ2v) is 3.05. The molecule has 1 rings (SSSR count). The van der Waals surface area contributed by atoms with Crippen molar-refractivity contribution in [3.8, 4) is 0 Å². The number of carbonyl (C=O) groups is 1. The molecule has 66 valence electrons. The summed E-state index contributed by atoms with van der Waals surface area (Å²) >= 11 is 11.3. The molecule has 0 N–H and O–H groups in total. The Morgan fingerprint density at radius 1 is 1.38 bits per heavy atom. The van der Waals surface area contributed by atoms with Gasteiger partial charge in [0.1, 0.15) is 0 Å². The molecule has 0 amide bonds. The summed E-state index contributed by atoms with van der Waals surface area (Å²) in [6.07, 6.45) is 0.791. The second-order valence-electron chi connectivity index (χ2n) is 2.24. The molecule has 3 nitrogen and oxygen atoms in total. The van der Waals surface area contributed by atoms with Gasteiger partial charge in [-0.05, 0) is 18.2 Å². The fourth-order valence-electron chi connectivity index (χ4n) is 0.776. The number of rotatable bonds is 2. The lowest BCUT2D eigenvalue weighted by Gasteiger charge is -1.95. The molecule has 0 fully saturated rings. The van der Waals surface area contributed by atoms with Crippen LogP contribution in [0.3, 0.4) is 0 Å². The van der Waals surface area contributed by atoms with Crippen LogP contribution in [0.5, 0.6) is 0 Å². The van der Waals surface area contributed by atoms with Gasteiger partial charge in [-0.3, -0.25) is 4.79 Å². The minimum Gasteiger partial charge on any atom is -0.361 e. The van der Waals surface area contributed by atoms with Gasteiger partial charge in [0, 0.05) is 5.56 Å². The third-order valence-electron chi connectivity index (χ3n) is 1.38. The first kappa shape index (κ1) is 9.93. The van der Waals surface area contributed by atoms with E-state index in [0.29, 0.717) is 15.6 Å². The highest BCUT2D eigenvalue weighted by Crippen LogP contribution is 2.22. The Bertz CT molecular complexity index is 397. The quantitative estimate of drug-likeness (QED) is 0.323. The van der Waals surface area contributed by atoms with Crippen LogP contribution in [0, 0.1) is 0 Å². The van der Waals surface area contributed by atoms with Crippen molar-refractivity contribution in [1.29, 1.82) is 0 Å². The zero-order valence-corrected chi connectivity index (χ0v) is 7.88. The van der Waals surface area contributed by atoms with Crippen LogP contribution in [-0.4, -0.2) is 16.8 Å². The van der Waals surface area contributed by atoms with E-state index in [1.54, 1.807) is 0 Å². The van der Waals surface area contributed by atoms with Crippen molar-refractivity contribution in [3.63, 3.8) is 0 Å². The fraction of sp³-hybridized carbons (Fsp3) is 0. The van der Waals surface area contributed by atoms with Crippen molar-refractivity contribution in [3.05, 3.63) is 39.3 Å². The average Bonchev–Trinajstić information content (AvgIpc) is 2.10. The Morgan fingerprint density at radius 2 is 2.08 bits per heavy atom. The number of hydrogen-bond donors (Lipinski definition) is 0. The van der Waals surface area contributed by atoms with Crippen LogP contribution >= 0.6 is 23.2 Å². The van der Waals surface area contributed by atoms with E-state index >= 15 is 0 Å². The van der Waals surface area contributed by atoms with Crippen molar-refractivity contribution in [2.75, 3.05) is 0 Å². The Hall–Kier alpha value is -1.15. The van der Waals surface area contributed by atoms with Crippen molar-refractivity contribution >= 4 is 35.2 Å². The van der Waals surface area contributed by atoms with Gasteiger partial charge in [-0.1, -0.05) is 23.2 Å². The van der Waals surface area contributed by atoms with Crippen molar-refractivity contribution in [2.24, 2.45) is 0 Å². The van der Waals surface area contributed by atoms with Gasteiger partial charge < -0.3 is 5.53 Å². The van der Waals surface area contributed by atoms with Crippen LogP contribution in [0.2, 0.25) is 10.0 Å². The molecule has 1 aromatic rings. The summed E-state index contributed by atoms with van der Waals surface area (Å²) in [5, 5.41) is 0.665. The van der Waals surface area contributed by atoms with E-state index in [1.807, 2.05) is 0 Å². The number of hydrogen-bond acceptors (Lipinski definition) is 1. The van der Waals surface area contributed by atoms with Gasteiger partial charge in [0.15, 0.2) is 0 Å². The number of Topliss-reactive ketones (excluding diaryl/α,β-unsaturated/α-hetero) is 1. The molecule has 0 saturated heterocycles. The third kappa shape index (κ3) is 2.39. The van der Waals surface area contributed by atoms with Crippen molar-refractivity contribution in [2.45, 2.75) is 0 Å². The summed E-state index contributed by atoms with van der Waals surface area (Å²) in [5.41, 5.74) is 8.44. The summed E-state index contributed by atoms with van der Waals surface area (Å²) in [7, 11) is 0. The smallest absolute Gasteiger partial charge is 0.328 e. The van der Waals surface area contributed by atoms with Crippen LogP contribution in [0.4, 0.5) is 0 Å². The highest BCUT2D eigenvalue weighted by atomic mass is 35.5. The second kappa shape index (κ2) is 4.19. The van der Waals surface area contributed by atoms with Gasteiger partial charge in [-0.25, -0.2) is 0 Å². The zero-order chi connectivity index (χ0) is 9.84. The summed E-state index contributed by atoms with van der Waals surface area (Å²) in [6, 6.07) is 4.41. The van der Waals surface area contributed by atoms with E-state index in [0.717, 1.165) is 6.21 Å². The topological polar surface area (TPSA) is 53.5 Å². The molecule has 5 heteroatoms. The first-order valence-electron chi connectivity index (χ1n) is 3.32. The molecule has 0 spiro atoms. The monoisotopic (exact) mass is 214 g/mol. The lowest BCUT2D eigenvalue weighted by Crippen LogP contribution is -2.00. The normalized spacial score (nSPS) is 9.08. The molecule has 0 aliphatic heterocycles. The zero-order valence-electron chi connectivity index (χ0n) is 6.37. The summed E-state index contributed by atoms with van der Waals surface area (Å²) in [5.74, 6) is -0.430. The maximum absolute atomic E-state index is 11.1. The molecule has 0 atom stereocenters. The van der Waals surface area contributed by atoms with E-state index in [2.05, 4.69) is 4.79 Å². The summed E-state index contributed by atoms with van der Waals surface area (Å²) < 4.78 is 0. The molecule has 0 aliphatic carbocycles. The minimum atomic E-state index is -0.430. The largest absolute Gasteiger partial charge is 0.361 e. The Morgan fingerprint density at radius 3 is 2.62 bits per heavy atom. The van der Waals surface area contributed by atoms with E-state index in [1.165, 1.54) is 18.2 Å². The highest BCUT2D eigenvalue weighted by Gasteiger charge is 2.08. The van der Waals surface area contributed by atoms with Gasteiger partial charge >= 0.3 is 6.21 Å². The van der Waals surface area contributed by atoms with Gasteiger partial charge in [-0.15, -0.1) is 0 Å². The molecule has 0 aliphatic rings. The summed E-state index contributed by atoms with van der Waals surface area (Å²) in [4.78, 5) is 13.7. The van der Waals surface area contributed by atoms with Gasteiger partial charge in [0.2, 0.25) is 0 Å². The molecule has 0 heterocycles. The number of ketones is 1. The molecule has 0 saturated carbocycles. The van der Waals surface area contributed by atoms with Gasteiger partial charge in [-0.2, -0.15) is 4.79 Å². The Balaban J connectivity index is 3.10. The molecule has 13 heavy (non-hydrogen) atoms. The molecule has 0 bridgehead atoms. The first-order valence-corrected chi connectivity index (χ1v) is 4.07. The minimum absolute atomic E-state index is 0.291. The number of benzene rings is 1. The maximum Gasteiger partial charge on any atom is 0.328 e. The van der Waals surface area contributed by atoms with E-state index < -0.39 is 5.78 Å². The molecular weight excluding hydrogens is 211 g/mol. The van der Waals surface area contributed by atoms with Crippen LogP contribution in [0.25, 0.3) is 5.53 Å². The molecule has 0 unspecified atom stereocenters. The van der Waals surface area contributed by atoms with Crippen molar-refractivity contribution in [1.82, 2.24) is 0 Å². The van der Waals surface area contributed by atoms with E-state index in [4.69, 9.17) is 28.7 Å². The number of carbonyl (C=O) groups excluding carboxylic acids is 1. The fourth-order valence-corrected chi connectivity index (χ4v) is 1.07. The third-order valence-corrected chi connectivity index (χ3v) is 2.12. The van der Waals surface area contributed by atoms with Gasteiger partial charge in [0.25, 0.3) is 5.78 Å². The lowest BCUT2D eigenvalue weighted by molar-refractivity contribution is 0.00235. The molecule has 1 aromatic carbocycles. The highest BCUT2D eigenvalue weighted by molar-refractivity contribution is 6.43. The molecule has 0 radical (unpaired) electrons. The number of nitrogens with zero attached hydrogens (tertiary/aromatic N) is 2. The van der Waals surface area contributed by atoms with Crippen LogP contribution < -0.4 is 0 Å². The predicted octanol–water partition coefficient (Wildman–Crippen LogP) is 2.48. The van der Waals surface area contributed by atoms with Gasteiger partial charge in [0.05, 0.1) is 10.0 Å². The molecular formula is C8H4Cl2N2O.